The summed E-state index contributed by atoms with van der Waals surface area (Å²) >= 11 is 0. The molecule has 240 valence electrons. The highest BCUT2D eigenvalue weighted by Crippen LogP contribution is 2.51. The van der Waals surface area contributed by atoms with Crippen LogP contribution in [0.4, 0.5) is 0 Å². The van der Waals surface area contributed by atoms with Crippen molar-refractivity contribution in [3.63, 3.8) is 0 Å². The molecule has 2 saturated heterocycles. The van der Waals surface area contributed by atoms with E-state index in [1.165, 1.54) is 6.08 Å². The summed E-state index contributed by atoms with van der Waals surface area (Å²) in [5.41, 5.74) is 2.72. The zero-order valence-electron chi connectivity index (χ0n) is 25.4. The Morgan fingerprint density at radius 1 is 0.667 bits per heavy atom. The predicted octanol–water partition coefficient (Wildman–Crippen LogP) is 6.15. The fraction of sp³-hybridized carbons (Fsp3) is 0.184. The monoisotopic (exact) mass is 644 g/mol. The van der Waals surface area contributed by atoms with Gasteiger partial charge in [0, 0.05) is 5.56 Å². The van der Waals surface area contributed by atoms with E-state index in [2.05, 4.69) is 0 Å². The van der Waals surface area contributed by atoms with Crippen LogP contribution in [-0.2, 0) is 28.7 Å². The standard InChI is InChI=1S/C38H28O10/c39-33(23-4-2-1-3-5-23)17-8-22-6-9-24(10-7-22)44-21-45-25-11-13-26(14-12-25)46-27-15-16-28-29(31-20-34(40)47-36(31)41)19-32-35(30(28)18-27)38(43)48-37(32)42/h1-18,29,31-32,35H,19-21H2/b17-8+. The van der Waals surface area contributed by atoms with Crippen molar-refractivity contribution in [2.75, 3.05) is 6.79 Å². The Balaban J connectivity index is 0.963. The Bertz CT molecular complexity index is 1930. The number of hydrogen-bond acceptors (Lipinski definition) is 10. The highest BCUT2D eigenvalue weighted by molar-refractivity contribution is 6.06. The van der Waals surface area contributed by atoms with Gasteiger partial charge in [-0.2, -0.15) is 0 Å². The number of carbonyl (C=O) groups is 5. The number of allylic oxidation sites excluding steroid dienone is 1. The van der Waals surface area contributed by atoms with E-state index in [1.807, 2.05) is 30.3 Å². The molecule has 2 heterocycles. The third-order valence-electron chi connectivity index (χ3n) is 8.73. The number of ether oxygens (including phenoxy) is 5. The number of rotatable bonds is 10. The lowest BCUT2D eigenvalue weighted by atomic mass is 9.67. The summed E-state index contributed by atoms with van der Waals surface area (Å²) in [4.78, 5) is 61.7. The molecule has 4 aromatic carbocycles. The first kappa shape index (κ1) is 30.6. The van der Waals surface area contributed by atoms with Crippen LogP contribution in [0.3, 0.4) is 0 Å². The number of ketones is 1. The maximum absolute atomic E-state index is 12.7. The second-order valence-electron chi connectivity index (χ2n) is 11.7. The lowest BCUT2D eigenvalue weighted by Gasteiger charge is -2.33. The third kappa shape index (κ3) is 6.32. The minimum atomic E-state index is -0.812. The van der Waals surface area contributed by atoms with Gasteiger partial charge in [-0.25, -0.2) is 0 Å². The summed E-state index contributed by atoms with van der Waals surface area (Å²) in [7, 11) is 0. The first-order valence-electron chi connectivity index (χ1n) is 15.4. The first-order valence-corrected chi connectivity index (χ1v) is 15.4. The van der Waals surface area contributed by atoms with Gasteiger partial charge < -0.3 is 23.7 Å². The van der Waals surface area contributed by atoms with Crippen LogP contribution in [0.25, 0.3) is 6.08 Å². The summed E-state index contributed by atoms with van der Waals surface area (Å²) in [6.07, 6.45) is 3.41. The van der Waals surface area contributed by atoms with Crippen molar-refractivity contribution in [1.82, 2.24) is 0 Å². The molecule has 4 unspecified atom stereocenters. The molecule has 0 amide bonds. The van der Waals surface area contributed by atoms with Gasteiger partial charge in [-0.05, 0) is 83.6 Å². The quantitative estimate of drug-likeness (QED) is 0.0651. The van der Waals surface area contributed by atoms with Gasteiger partial charge in [-0.1, -0.05) is 54.6 Å². The van der Waals surface area contributed by atoms with Gasteiger partial charge in [0.25, 0.3) is 0 Å². The Morgan fingerprint density at radius 3 is 2.00 bits per heavy atom. The largest absolute Gasteiger partial charge is 0.458 e. The molecule has 0 aromatic heterocycles. The molecule has 4 atom stereocenters. The molecule has 48 heavy (non-hydrogen) atoms. The molecule has 10 heteroatoms. The Morgan fingerprint density at radius 2 is 1.31 bits per heavy atom. The zero-order chi connectivity index (χ0) is 33.2. The molecule has 4 aromatic rings. The normalized spacial score (nSPS) is 21.3. The predicted molar refractivity (Wildman–Crippen MR) is 169 cm³/mol. The van der Waals surface area contributed by atoms with Crippen LogP contribution in [0.2, 0.25) is 0 Å². The molecule has 0 N–H and O–H groups in total. The molecule has 3 aliphatic rings. The van der Waals surface area contributed by atoms with Crippen molar-refractivity contribution in [2.45, 2.75) is 24.7 Å². The van der Waals surface area contributed by atoms with Crippen LogP contribution in [-0.4, -0.2) is 36.5 Å². The minimum absolute atomic E-state index is 0.0363. The number of esters is 4. The summed E-state index contributed by atoms with van der Waals surface area (Å²) in [5.74, 6) is -3.29. The van der Waals surface area contributed by atoms with Gasteiger partial charge in [-0.15, -0.1) is 0 Å². The number of benzene rings is 4. The van der Waals surface area contributed by atoms with Crippen LogP contribution in [0, 0.1) is 11.8 Å². The molecule has 2 fully saturated rings. The highest BCUT2D eigenvalue weighted by atomic mass is 16.7. The molecular weight excluding hydrogens is 616 g/mol. The van der Waals surface area contributed by atoms with E-state index in [0.717, 1.165) is 5.56 Å². The van der Waals surface area contributed by atoms with Crippen LogP contribution in [0.15, 0.2) is 103 Å². The van der Waals surface area contributed by atoms with E-state index in [0.29, 0.717) is 39.7 Å². The maximum atomic E-state index is 12.7. The van der Waals surface area contributed by atoms with Crippen LogP contribution in [0.1, 0.15) is 51.7 Å². The van der Waals surface area contributed by atoms with Crippen LogP contribution in [0.5, 0.6) is 23.0 Å². The molecule has 0 spiro atoms. The van der Waals surface area contributed by atoms with Crippen molar-refractivity contribution in [1.29, 1.82) is 0 Å². The molecular formula is C38H28O10. The van der Waals surface area contributed by atoms with E-state index >= 15 is 0 Å². The minimum Gasteiger partial charge on any atom is -0.458 e. The molecule has 2 aliphatic heterocycles. The smallest absolute Gasteiger partial charge is 0.321 e. The van der Waals surface area contributed by atoms with Gasteiger partial charge in [0.2, 0.25) is 6.79 Å². The Kier molecular flexibility index (Phi) is 8.29. The molecule has 0 bridgehead atoms. The van der Waals surface area contributed by atoms with Crippen LogP contribution >= 0.6 is 0 Å². The number of cyclic esters (lactones) is 4. The van der Waals surface area contributed by atoms with Gasteiger partial charge >= 0.3 is 23.9 Å². The van der Waals surface area contributed by atoms with E-state index in [-0.39, 0.29) is 25.4 Å². The van der Waals surface area contributed by atoms with Crippen molar-refractivity contribution in [2.24, 2.45) is 11.8 Å². The first-order chi connectivity index (χ1) is 23.3. The highest BCUT2D eigenvalue weighted by Gasteiger charge is 2.53. The van der Waals surface area contributed by atoms with Gasteiger partial charge in [0.05, 0.1) is 24.2 Å². The molecule has 1 aliphatic carbocycles. The zero-order valence-corrected chi connectivity index (χ0v) is 25.4. The summed E-state index contributed by atoms with van der Waals surface area (Å²) < 4.78 is 27.2. The average Bonchev–Trinajstić information content (AvgIpc) is 3.59. The lowest BCUT2D eigenvalue weighted by Crippen LogP contribution is -2.31. The third-order valence-corrected chi connectivity index (χ3v) is 8.73. The van der Waals surface area contributed by atoms with Crippen molar-refractivity contribution >= 4 is 35.7 Å². The molecule has 0 saturated carbocycles. The fourth-order valence-electron chi connectivity index (χ4n) is 6.37. The Hall–Kier alpha value is -6.03. The van der Waals surface area contributed by atoms with Crippen molar-refractivity contribution in [3.8, 4) is 23.0 Å². The van der Waals surface area contributed by atoms with E-state index in [9.17, 15) is 24.0 Å². The molecule has 7 rings (SSSR count). The maximum Gasteiger partial charge on any atom is 0.321 e. The molecule has 0 radical (unpaired) electrons. The number of hydrogen-bond donors (Lipinski definition) is 0. The second kappa shape index (κ2) is 13.0. The summed E-state index contributed by atoms with van der Waals surface area (Å²) in [5, 5.41) is 0. The summed E-state index contributed by atoms with van der Waals surface area (Å²) in [6.45, 7) is -0.0363. The van der Waals surface area contributed by atoms with Crippen LogP contribution < -0.4 is 14.2 Å². The van der Waals surface area contributed by atoms with E-state index < -0.39 is 47.5 Å². The van der Waals surface area contributed by atoms with E-state index in [4.69, 9.17) is 23.7 Å². The number of carbonyl (C=O) groups excluding carboxylic acids is 5. The molecule has 10 nitrogen and oxygen atoms in total. The van der Waals surface area contributed by atoms with Crippen molar-refractivity contribution < 1.29 is 47.7 Å². The second-order valence-corrected chi connectivity index (χ2v) is 11.7. The number of fused-ring (bicyclic) bond motifs is 3. The van der Waals surface area contributed by atoms with Crippen molar-refractivity contribution in [3.05, 3.63) is 125 Å². The van der Waals surface area contributed by atoms with Gasteiger partial charge in [-0.3, -0.25) is 24.0 Å². The average molecular weight is 645 g/mol. The summed E-state index contributed by atoms with van der Waals surface area (Å²) in [6, 6.07) is 28.3. The topological polar surface area (TPSA) is 132 Å². The Labute approximate surface area is 274 Å². The lowest BCUT2D eigenvalue weighted by molar-refractivity contribution is -0.155. The fourth-order valence-corrected chi connectivity index (χ4v) is 6.37. The van der Waals surface area contributed by atoms with Gasteiger partial charge in [0.1, 0.15) is 23.0 Å². The van der Waals surface area contributed by atoms with E-state index in [1.54, 1.807) is 72.8 Å². The van der Waals surface area contributed by atoms with Gasteiger partial charge in [0.15, 0.2) is 5.78 Å². The SMILES string of the molecule is O=C1CC(C2CC3C(=O)OC(=O)C3c3cc(Oc4ccc(OCOc5ccc(/C=C/C(=O)c6ccccc6)cc5)cc4)ccc32)C(=O)O1.